The van der Waals surface area contributed by atoms with Gasteiger partial charge < -0.3 is 10.4 Å². The molecule has 6 nitrogen and oxygen atoms in total. The predicted octanol–water partition coefficient (Wildman–Crippen LogP) is 2.97. The van der Waals surface area contributed by atoms with Crippen LogP contribution in [0.4, 0.5) is 0 Å². The smallest absolute Gasteiger partial charge is 0.255 e. The van der Waals surface area contributed by atoms with Crippen LogP contribution in [-0.4, -0.2) is 37.9 Å². The number of aliphatic hydroxyl groups is 1. The number of rotatable bonds is 4. The van der Waals surface area contributed by atoms with Crippen LogP contribution in [-0.2, 0) is 0 Å². The minimum Gasteiger partial charge on any atom is -0.393 e. The van der Waals surface area contributed by atoms with Gasteiger partial charge in [-0.1, -0.05) is 18.2 Å². The van der Waals surface area contributed by atoms with Gasteiger partial charge in [0.1, 0.15) is 5.69 Å². The third-order valence-corrected chi connectivity index (χ3v) is 4.95. The first-order valence-corrected chi connectivity index (χ1v) is 9.25. The Morgan fingerprint density at radius 2 is 1.85 bits per heavy atom. The van der Waals surface area contributed by atoms with Crippen molar-refractivity contribution in [2.45, 2.75) is 37.8 Å². The van der Waals surface area contributed by atoms with Crippen LogP contribution < -0.4 is 5.32 Å². The largest absolute Gasteiger partial charge is 0.393 e. The average molecular weight is 362 g/mol. The van der Waals surface area contributed by atoms with Crippen LogP contribution in [0.3, 0.4) is 0 Å². The molecule has 27 heavy (non-hydrogen) atoms. The topological polar surface area (TPSA) is 80.0 Å². The molecule has 1 aliphatic rings. The van der Waals surface area contributed by atoms with E-state index in [0.29, 0.717) is 11.3 Å². The Kier molecular flexibility index (Phi) is 4.98. The maximum atomic E-state index is 13.0. The SMILES string of the molecule is O=C(NC1CCC(O)CC1)c1cn(-c2ccccc2)nc1-c1cccnc1. The molecule has 3 aromatic rings. The van der Waals surface area contributed by atoms with Gasteiger partial charge in [0.05, 0.1) is 17.4 Å². The standard InChI is InChI=1S/C21H22N4O2/c26-18-10-8-16(9-11-18)23-21(27)19-14-25(17-6-2-1-3-7-17)24-20(19)15-5-4-12-22-13-15/h1-7,12-14,16,18,26H,8-11H2,(H,23,27). The van der Waals surface area contributed by atoms with Gasteiger partial charge in [-0.3, -0.25) is 9.78 Å². The third-order valence-electron chi connectivity index (χ3n) is 4.95. The summed E-state index contributed by atoms with van der Waals surface area (Å²) in [5, 5.41) is 17.4. The summed E-state index contributed by atoms with van der Waals surface area (Å²) in [6, 6.07) is 13.5. The lowest BCUT2D eigenvalue weighted by molar-refractivity contribution is 0.0868. The maximum Gasteiger partial charge on any atom is 0.255 e. The molecule has 4 rings (SSSR count). The van der Waals surface area contributed by atoms with Crippen LogP contribution in [0.15, 0.2) is 61.1 Å². The van der Waals surface area contributed by atoms with Crippen molar-refractivity contribution in [3.05, 3.63) is 66.6 Å². The summed E-state index contributed by atoms with van der Waals surface area (Å²) in [5.41, 5.74) is 2.83. The minimum absolute atomic E-state index is 0.0859. The predicted molar refractivity (Wildman–Crippen MR) is 103 cm³/mol. The van der Waals surface area contributed by atoms with Crippen LogP contribution in [0.5, 0.6) is 0 Å². The summed E-state index contributed by atoms with van der Waals surface area (Å²) in [4.78, 5) is 17.1. The van der Waals surface area contributed by atoms with Crippen LogP contribution in [0.2, 0.25) is 0 Å². The Labute approximate surface area is 157 Å². The fourth-order valence-corrected chi connectivity index (χ4v) is 3.45. The van der Waals surface area contributed by atoms with Crippen molar-refractivity contribution in [1.82, 2.24) is 20.1 Å². The molecule has 0 bridgehead atoms. The molecule has 0 spiro atoms. The highest BCUT2D eigenvalue weighted by molar-refractivity contribution is 6.00. The van der Waals surface area contributed by atoms with Crippen molar-refractivity contribution < 1.29 is 9.90 Å². The van der Waals surface area contributed by atoms with Crippen LogP contribution >= 0.6 is 0 Å². The summed E-state index contributed by atoms with van der Waals surface area (Å²) >= 11 is 0. The van der Waals surface area contributed by atoms with Crippen molar-refractivity contribution in [1.29, 1.82) is 0 Å². The van der Waals surface area contributed by atoms with E-state index in [1.165, 1.54) is 0 Å². The van der Waals surface area contributed by atoms with Gasteiger partial charge in [-0.05, 0) is 49.9 Å². The van der Waals surface area contributed by atoms with Crippen LogP contribution in [0.25, 0.3) is 16.9 Å². The summed E-state index contributed by atoms with van der Waals surface area (Å²) in [6.07, 6.45) is 7.97. The second-order valence-electron chi connectivity index (χ2n) is 6.89. The highest BCUT2D eigenvalue weighted by atomic mass is 16.3. The zero-order valence-electron chi connectivity index (χ0n) is 15.0. The van der Waals surface area contributed by atoms with Crippen molar-refractivity contribution in [3.8, 4) is 16.9 Å². The second-order valence-corrected chi connectivity index (χ2v) is 6.89. The number of aliphatic hydroxyl groups excluding tert-OH is 1. The number of hydrogen-bond donors (Lipinski definition) is 2. The summed E-state index contributed by atoms with van der Waals surface area (Å²) in [5.74, 6) is -0.141. The summed E-state index contributed by atoms with van der Waals surface area (Å²) in [7, 11) is 0. The van der Waals surface area contributed by atoms with E-state index >= 15 is 0 Å². The molecule has 2 aromatic heterocycles. The second kappa shape index (κ2) is 7.72. The number of hydrogen-bond acceptors (Lipinski definition) is 4. The van der Waals surface area contributed by atoms with Crippen molar-refractivity contribution >= 4 is 5.91 Å². The van der Waals surface area contributed by atoms with Crippen molar-refractivity contribution in [3.63, 3.8) is 0 Å². The first kappa shape index (κ1) is 17.4. The summed E-state index contributed by atoms with van der Waals surface area (Å²) in [6.45, 7) is 0. The molecule has 1 aliphatic carbocycles. The summed E-state index contributed by atoms with van der Waals surface area (Å²) < 4.78 is 1.72. The highest BCUT2D eigenvalue weighted by Crippen LogP contribution is 2.24. The number of amides is 1. The first-order chi connectivity index (χ1) is 13.2. The van der Waals surface area contributed by atoms with Gasteiger partial charge in [0.15, 0.2) is 0 Å². The molecule has 1 amide bonds. The molecule has 6 heteroatoms. The average Bonchev–Trinajstić information content (AvgIpc) is 3.17. The number of carbonyl (C=O) groups is 1. The molecule has 0 atom stereocenters. The Bertz CT molecular complexity index is 900. The Balaban J connectivity index is 1.65. The molecule has 1 saturated carbocycles. The zero-order chi connectivity index (χ0) is 18.6. The molecule has 2 N–H and O–H groups in total. The van der Waals surface area contributed by atoms with E-state index in [9.17, 15) is 9.90 Å². The molecule has 0 aliphatic heterocycles. The van der Waals surface area contributed by atoms with Crippen LogP contribution in [0, 0.1) is 0 Å². The Morgan fingerprint density at radius 1 is 1.07 bits per heavy atom. The van der Waals surface area contributed by atoms with Gasteiger partial charge in [0.25, 0.3) is 5.91 Å². The molecule has 1 aromatic carbocycles. The quantitative estimate of drug-likeness (QED) is 0.748. The van der Waals surface area contributed by atoms with Gasteiger partial charge in [-0.15, -0.1) is 0 Å². The lowest BCUT2D eigenvalue weighted by Gasteiger charge is -2.26. The number of pyridine rings is 1. The van der Waals surface area contributed by atoms with Crippen molar-refractivity contribution in [2.24, 2.45) is 0 Å². The van der Waals surface area contributed by atoms with E-state index in [0.717, 1.165) is 36.9 Å². The number of carbonyl (C=O) groups excluding carboxylic acids is 1. The monoisotopic (exact) mass is 362 g/mol. The number of nitrogens with one attached hydrogen (secondary N) is 1. The lowest BCUT2D eigenvalue weighted by Crippen LogP contribution is -2.38. The third kappa shape index (κ3) is 3.90. The van der Waals surface area contributed by atoms with E-state index in [1.807, 2.05) is 42.5 Å². The Morgan fingerprint density at radius 3 is 2.56 bits per heavy atom. The van der Waals surface area contributed by atoms with Gasteiger partial charge >= 0.3 is 0 Å². The van der Waals surface area contributed by atoms with Gasteiger partial charge in [0.2, 0.25) is 0 Å². The first-order valence-electron chi connectivity index (χ1n) is 9.25. The normalized spacial score (nSPS) is 19.6. The number of aromatic nitrogens is 3. The van der Waals surface area contributed by atoms with Gasteiger partial charge in [0, 0.05) is 30.2 Å². The fourth-order valence-electron chi connectivity index (χ4n) is 3.45. The fraction of sp³-hybridized carbons (Fsp3) is 0.286. The van der Waals surface area contributed by atoms with E-state index < -0.39 is 0 Å². The van der Waals surface area contributed by atoms with Crippen LogP contribution in [0.1, 0.15) is 36.0 Å². The van der Waals surface area contributed by atoms with E-state index in [2.05, 4.69) is 15.4 Å². The lowest BCUT2D eigenvalue weighted by atomic mass is 9.93. The number of benzene rings is 1. The van der Waals surface area contributed by atoms with E-state index in [4.69, 9.17) is 0 Å². The molecular formula is C21H22N4O2. The zero-order valence-corrected chi connectivity index (χ0v) is 15.0. The number of para-hydroxylation sites is 1. The molecule has 2 heterocycles. The highest BCUT2D eigenvalue weighted by Gasteiger charge is 2.24. The van der Waals surface area contributed by atoms with Gasteiger partial charge in [-0.2, -0.15) is 5.10 Å². The number of nitrogens with zero attached hydrogens (tertiary/aromatic N) is 3. The van der Waals surface area contributed by atoms with Gasteiger partial charge in [-0.25, -0.2) is 4.68 Å². The van der Waals surface area contributed by atoms with E-state index in [1.54, 1.807) is 23.3 Å². The molecule has 0 unspecified atom stereocenters. The molecule has 1 fully saturated rings. The maximum absolute atomic E-state index is 13.0. The Hall–Kier alpha value is -2.99. The van der Waals surface area contributed by atoms with E-state index in [-0.39, 0.29) is 18.1 Å². The molecule has 0 radical (unpaired) electrons. The molecule has 0 saturated heterocycles. The molecule has 138 valence electrons. The van der Waals surface area contributed by atoms with Crippen molar-refractivity contribution in [2.75, 3.05) is 0 Å². The molecular weight excluding hydrogens is 340 g/mol. The minimum atomic E-state index is -0.245.